The summed E-state index contributed by atoms with van der Waals surface area (Å²) in [6.45, 7) is 0.370. The smallest absolute Gasteiger partial charge is 0.336 e. The highest BCUT2D eigenvalue weighted by molar-refractivity contribution is 5.93. The Morgan fingerprint density at radius 3 is 2.86 bits per heavy atom. The quantitative estimate of drug-likeness (QED) is 0.719. The lowest BCUT2D eigenvalue weighted by atomic mass is 10.1. The van der Waals surface area contributed by atoms with E-state index in [1.165, 1.54) is 17.9 Å². The number of aromatic hydroxyl groups is 1. The van der Waals surface area contributed by atoms with Gasteiger partial charge in [-0.2, -0.15) is 5.26 Å². The molecule has 0 unspecified atom stereocenters. The van der Waals surface area contributed by atoms with E-state index < -0.39 is 0 Å². The van der Waals surface area contributed by atoms with Gasteiger partial charge < -0.3 is 14.7 Å². The molecule has 2 aliphatic rings. The number of pyridine rings is 1. The predicted octanol–water partition coefficient (Wildman–Crippen LogP) is 1.24. The molecule has 5 rings (SSSR count). The van der Waals surface area contributed by atoms with E-state index in [4.69, 9.17) is 4.74 Å². The number of methoxy groups -OCH3 is 1. The van der Waals surface area contributed by atoms with Crippen LogP contribution in [0, 0.1) is 11.3 Å². The molecule has 0 spiro atoms. The first kappa shape index (κ1) is 17.5. The molecule has 0 saturated carbocycles. The number of nitrogens with zero attached hydrogens (tertiary/aromatic N) is 5. The Labute approximate surface area is 165 Å². The van der Waals surface area contributed by atoms with Gasteiger partial charge in [0.05, 0.1) is 24.0 Å². The van der Waals surface area contributed by atoms with Gasteiger partial charge in [0.25, 0.3) is 0 Å². The summed E-state index contributed by atoms with van der Waals surface area (Å²) in [6.07, 6.45) is 2.02. The summed E-state index contributed by atoms with van der Waals surface area (Å²) < 4.78 is 7.74. The van der Waals surface area contributed by atoms with Crippen molar-refractivity contribution < 1.29 is 14.6 Å². The minimum Gasteiger partial charge on any atom is -0.493 e. The van der Waals surface area contributed by atoms with Crippen LogP contribution in [0.15, 0.2) is 35.3 Å². The van der Waals surface area contributed by atoms with Crippen LogP contribution in [0.3, 0.4) is 0 Å². The molecule has 2 aliphatic heterocycles. The highest BCUT2D eigenvalue weighted by atomic mass is 16.5. The van der Waals surface area contributed by atoms with E-state index in [0.29, 0.717) is 35.1 Å². The molecule has 9 nitrogen and oxygen atoms in total. The highest BCUT2D eigenvalue weighted by Crippen LogP contribution is 2.48. The average molecular weight is 391 g/mol. The second-order valence-electron chi connectivity index (χ2n) is 7.23. The third-order valence-electron chi connectivity index (χ3n) is 5.77. The number of nitriles is 1. The van der Waals surface area contributed by atoms with Crippen molar-refractivity contribution in [3.8, 4) is 17.6 Å². The van der Waals surface area contributed by atoms with Gasteiger partial charge >= 0.3 is 5.69 Å². The zero-order valence-electron chi connectivity index (χ0n) is 15.6. The normalized spacial score (nSPS) is 19.5. The lowest BCUT2D eigenvalue weighted by Gasteiger charge is -2.27. The standard InChI is InChI=1S/C20H17N5O4/c1-29-10-17(26)23-9-11-6-15(23)18-19(27)25(20(28)24(11)18)16-8-22-14(7-21)12-4-2-3-5-13(12)16/h2-5,8,11,15,27H,6,9-10H2,1H3/t11-,15-/m0/s1. The van der Waals surface area contributed by atoms with Gasteiger partial charge in [-0.05, 0) is 6.42 Å². The van der Waals surface area contributed by atoms with Gasteiger partial charge in [-0.25, -0.2) is 14.3 Å². The van der Waals surface area contributed by atoms with Gasteiger partial charge in [0.1, 0.15) is 24.1 Å². The number of benzene rings is 1. The summed E-state index contributed by atoms with van der Waals surface area (Å²) in [4.78, 5) is 31.4. The first-order valence-electron chi connectivity index (χ1n) is 9.19. The number of amides is 1. The Kier molecular flexibility index (Phi) is 3.72. The van der Waals surface area contributed by atoms with Crippen LogP contribution < -0.4 is 5.69 Å². The van der Waals surface area contributed by atoms with Gasteiger partial charge in [0.2, 0.25) is 11.8 Å². The maximum Gasteiger partial charge on any atom is 0.336 e. The molecule has 146 valence electrons. The zero-order chi connectivity index (χ0) is 20.3. The fraction of sp³-hybridized carbons (Fsp3) is 0.300. The number of imidazole rings is 1. The van der Waals surface area contributed by atoms with Crippen LogP contribution in [0.5, 0.6) is 5.88 Å². The molecule has 2 aromatic heterocycles. The molecular weight excluding hydrogens is 374 g/mol. The van der Waals surface area contributed by atoms with E-state index in [9.17, 15) is 20.0 Å². The molecule has 2 atom stereocenters. The Hall–Kier alpha value is -3.64. The van der Waals surface area contributed by atoms with Crippen LogP contribution in [0.25, 0.3) is 16.5 Å². The summed E-state index contributed by atoms with van der Waals surface area (Å²) >= 11 is 0. The number of carbonyl (C=O) groups is 1. The first-order valence-corrected chi connectivity index (χ1v) is 9.19. The summed E-state index contributed by atoms with van der Waals surface area (Å²) in [5.74, 6) is -0.370. The minimum atomic E-state index is -0.375. The summed E-state index contributed by atoms with van der Waals surface area (Å²) in [7, 11) is 1.46. The molecule has 9 heteroatoms. The molecule has 1 saturated heterocycles. The summed E-state index contributed by atoms with van der Waals surface area (Å²) in [5.41, 5.74) is 0.711. The average Bonchev–Trinajstić information content (AvgIpc) is 3.39. The third-order valence-corrected chi connectivity index (χ3v) is 5.77. The molecular formula is C20H17N5O4. The van der Waals surface area contributed by atoms with E-state index in [0.717, 1.165) is 0 Å². The van der Waals surface area contributed by atoms with Crippen LogP contribution in [0.2, 0.25) is 0 Å². The van der Waals surface area contributed by atoms with Crippen LogP contribution in [-0.4, -0.2) is 50.3 Å². The number of rotatable bonds is 3. The van der Waals surface area contributed by atoms with E-state index in [1.807, 2.05) is 6.07 Å². The lowest BCUT2D eigenvalue weighted by Crippen LogP contribution is -2.39. The van der Waals surface area contributed by atoms with Gasteiger partial charge in [0, 0.05) is 24.4 Å². The van der Waals surface area contributed by atoms with Gasteiger partial charge in [-0.3, -0.25) is 9.36 Å². The fourth-order valence-corrected chi connectivity index (χ4v) is 4.59. The largest absolute Gasteiger partial charge is 0.493 e. The van der Waals surface area contributed by atoms with Crippen molar-refractivity contribution >= 4 is 16.7 Å². The Morgan fingerprint density at radius 1 is 1.38 bits per heavy atom. The Morgan fingerprint density at radius 2 is 2.14 bits per heavy atom. The SMILES string of the molecule is COCC(=O)N1C[C@@H]2C[C@H]1c1c(O)n(-c3cnc(C#N)c4ccccc34)c(=O)n12. The van der Waals surface area contributed by atoms with Crippen molar-refractivity contribution in [1.29, 1.82) is 5.26 Å². The van der Waals surface area contributed by atoms with Crippen LogP contribution in [0.4, 0.5) is 0 Å². The molecule has 1 N–H and O–H groups in total. The van der Waals surface area contributed by atoms with Crippen LogP contribution in [0.1, 0.15) is 29.9 Å². The van der Waals surface area contributed by atoms with Crippen molar-refractivity contribution in [3.05, 3.63) is 52.3 Å². The fourth-order valence-electron chi connectivity index (χ4n) is 4.59. The molecule has 1 amide bonds. The zero-order valence-corrected chi connectivity index (χ0v) is 15.6. The summed E-state index contributed by atoms with van der Waals surface area (Å²) in [5, 5.41) is 21.6. The van der Waals surface area contributed by atoms with Crippen molar-refractivity contribution in [1.82, 2.24) is 19.0 Å². The van der Waals surface area contributed by atoms with Gasteiger partial charge in [-0.15, -0.1) is 0 Å². The third kappa shape index (κ3) is 2.26. The molecule has 0 radical (unpaired) electrons. The molecule has 29 heavy (non-hydrogen) atoms. The maximum atomic E-state index is 13.2. The predicted molar refractivity (Wildman–Crippen MR) is 102 cm³/mol. The summed E-state index contributed by atoms with van der Waals surface area (Å²) in [6, 6.07) is 8.62. The monoisotopic (exact) mass is 391 g/mol. The van der Waals surface area contributed by atoms with E-state index in [2.05, 4.69) is 4.98 Å². The molecule has 4 heterocycles. The second kappa shape index (κ2) is 6.18. The van der Waals surface area contributed by atoms with Crippen LogP contribution >= 0.6 is 0 Å². The van der Waals surface area contributed by atoms with Crippen molar-refractivity contribution in [2.24, 2.45) is 0 Å². The number of fused-ring (bicyclic) bond motifs is 6. The van der Waals surface area contributed by atoms with Crippen molar-refractivity contribution in [2.45, 2.75) is 18.5 Å². The molecule has 1 fully saturated rings. The van der Waals surface area contributed by atoms with Gasteiger partial charge in [0.15, 0.2) is 0 Å². The van der Waals surface area contributed by atoms with E-state index >= 15 is 0 Å². The van der Waals surface area contributed by atoms with E-state index in [1.54, 1.807) is 33.7 Å². The number of likely N-dealkylation sites (tertiary alicyclic amines) is 1. The van der Waals surface area contributed by atoms with Crippen LogP contribution in [-0.2, 0) is 9.53 Å². The Balaban J connectivity index is 1.70. The van der Waals surface area contributed by atoms with E-state index in [-0.39, 0.29) is 41.9 Å². The molecule has 1 aromatic carbocycles. The van der Waals surface area contributed by atoms with Gasteiger partial charge in [-0.1, -0.05) is 24.3 Å². The lowest BCUT2D eigenvalue weighted by molar-refractivity contribution is -0.136. The molecule has 3 aromatic rings. The number of carbonyl (C=O) groups excluding carboxylic acids is 1. The molecule has 0 aliphatic carbocycles. The minimum absolute atomic E-state index is 0.0426. The topological polar surface area (TPSA) is 113 Å². The number of ether oxygens (including phenoxy) is 1. The Bertz CT molecular complexity index is 1270. The first-order chi connectivity index (χ1) is 14.1. The maximum absolute atomic E-state index is 13.2. The van der Waals surface area contributed by atoms with Crippen molar-refractivity contribution in [2.75, 3.05) is 20.3 Å². The number of aromatic nitrogens is 3. The molecule has 2 bridgehead atoms. The number of hydrogen-bond donors (Lipinski definition) is 1. The van der Waals surface area contributed by atoms with Crippen molar-refractivity contribution in [3.63, 3.8) is 0 Å². The number of hydrogen-bond acceptors (Lipinski definition) is 6. The highest BCUT2D eigenvalue weighted by Gasteiger charge is 2.49. The second-order valence-corrected chi connectivity index (χ2v) is 7.23.